The lowest BCUT2D eigenvalue weighted by molar-refractivity contribution is 0.948. The minimum atomic E-state index is -2.90. The van der Waals surface area contributed by atoms with Gasteiger partial charge in [0.05, 0.1) is 0 Å². The zero-order valence-corrected chi connectivity index (χ0v) is 16.2. The Labute approximate surface area is 162 Å². The van der Waals surface area contributed by atoms with Crippen LogP contribution in [0.2, 0.25) is 0 Å². The van der Waals surface area contributed by atoms with E-state index in [2.05, 4.69) is 51.6 Å². The smallest absolute Gasteiger partial charge is 0.270 e. The third-order valence-electron chi connectivity index (χ3n) is 4.69. The minimum absolute atomic E-state index is 0.223. The van der Waals surface area contributed by atoms with Gasteiger partial charge in [-0.2, -0.15) is 5.10 Å². The summed E-state index contributed by atoms with van der Waals surface area (Å²) in [6.45, 7) is 0. The summed E-state index contributed by atoms with van der Waals surface area (Å²) in [6.07, 6.45) is 0. The second kappa shape index (κ2) is 7.26. The number of nitrogens with zero attached hydrogens (tertiary/aromatic N) is 1. The first kappa shape index (κ1) is 17.3. The van der Waals surface area contributed by atoms with Crippen LogP contribution in [0.3, 0.4) is 0 Å². The van der Waals surface area contributed by atoms with Gasteiger partial charge in [0.15, 0.2) is 4.77 Å². The predicted molar refractivity (Wildman–Crippen MR) is 114 cm³/mol. The molecule has 0 spiro atoms. The summed E-state index contributed by atoms with van der Waals surface area (Å²) < 4.78 is 0.223. The lowest BCUT2D eigenvalue weighted by Crippen LogP contribution is -2.78. The SMILES string of the molecule is O=c1[nH]c(=S)[nH]nc1[Si](c1ccccc1)(c1ccccc1)c1ccccc1. The molecule has 0 radical (unpaired) electrons. The maximum absolute atomic E-state index is 13.0. The minimum Gasteiger partial charge on any atom is -0.297 e. The molecule has 4 nitrogen and oxygen atoms in total. The van der Waals surface area contributed by atoms with E-state index in [1.165, 1.54) is 0 Å². The van der Waals surface area contributed by atoms with E-state index in [9.17, 15) is 4.79 Å². The Hall–Kier alpha value is -3.09. The summed E-state index contributed by atoms with van der Waals surface area (Å²) in [5.41, 5.74) is -0.248. The Morgan fingerprint density at radius 2 is 1.11 bits per heavy atom. The van der Waals surface area contributed by atoms with Crippen LogP contribution in [0.4, 0.5) is 0 Å². The van der Waals surface area contributed by atoms with Crippen LogP contribution in [-0.2, 0) is 0 Å². The second-order valence-electron chi connectivity index (χ2n) is 6.20. The van der Waals surface area contributed by atoms with Crippen LogP contribution in [0.5, 0.6) is 0 Å². The van der Waals surface area contributed by atoms with Crippen LogP contribution < -0.4 is 26.4 Å². The maximum atomic E-state index is 13.0. The van der Waals surface area contributed by atoms with Gasteiger partial charge in [0.2, 0.25) is 8.07 Å². The van der Waals surface area contributed by atoms with E-state index >= 15 is 0 Å². The van der Waals surface area contributed by atoms with Crippen LogP contribution in [0, 0.1) is 4.77 Å². The largest absolute Gasteiger partial charge is 0.297 e. The van der Waals surface area contributed by atoms with Gasteiger partial charge in [-0.25, -0.2) is 0 Å². The molecule has 0 atom stereocenters. The number of hydrogen-bond donors (Lipinski definition) is 2. The van der Waals surface area contributed by atoms with Crippen LogP contribution in [0.25, 0.3) is 0 Å². The summed E-state index contributed by atoms with van der Waals surface area (Å²) in [5.74, 6) is 0. The molecule has 0 saturated heterocycles. The zero-order valence-electron chi connectivity index (χ0n) is 14.4. The lowest BCUT2D eigenvalue weighted by atomic mass is 10.3. The third kappa shape index (κ3) is 2.99. The Morgan fingerprint density at radius 1 is 0.704 bits per heavy atom. The molecular weight excluding hydrogens is 370 g/mol. The molecule has 1 heterocycles. The number of rotatable bonds is 4. The number of aromatic amines is 2. The molecule has 1 aromatic heterocycles. The van der Waals surface area contributed by atoms with Crippen molar-refractivity contribution in [2.45, 2.75) is 0 Å². The fraction of sp³-hybridized carbons (Fsp3) is 0. The Kier molecular flexibility index (Phi) is 4.66. The zero-order chi connectivity index (χ0) is 18.7. The van der Waals surface area contributed by atoms with Gasteiger partial charge in [0, 0.05) is 0 Å². The van der Waals surface area contributed by atoms with Gasteiger partial charge in [0.25, 0.3) is 5.56 Å². The summed E-state index contributed by atoms with van der Waals surface area (Å²) in [4.78, 5) is 15.8. The number of H-pyrrole nitrogens is 2. The Balaban J connectivity index is 2.20. The maximum Gasteiger partial charge on any atom is 0.270 e. The monoisotopic (exact) mass is 387 g/mol. The molecule has 27 heavy (non-hydrogen) atoms. The highest BCUT2D eigenvalue weighted by molar-refractivity contribution is 7.71. The summed E-state index contributed by atoms with van der Waals surface area (Å²) in [7, 11) is -2.90. The van der Waals surface area contributed by atoms with Crippen molar-refractivity contribution in [1.82, 2.24) is 15.2 Å². The van der Waals surface area contributed by atoms with E-state index in [1.807, 2.05) is 54.6 Å². The fourth-order valence-electron chi connectivity index (χ4n) is 3.58. The molecule has 132 valence electrons. The van der Waals surface area contributed by atoms with Crippen LogP contribution in [-0.4, -0.2) is 23.3 Å². The molecule has 4 rings (SSSR count). The van der Waals surface area contributed by atoms with E-state index in [0.29, 0.717) is 5.32 Å². The first-order valence-corrected chi connectivity index (χ1v) is 11.0. The molecule has 0 aliphatic rings. The van der Waals surface area contributed by atoms with Gasteiger partial charge >= 0.3 is 0 Å². The fourth-order valence-corrected chi connectivity index (χ4v) is 8.24. The van der Waals surface area contributed by atoms with E-state index in [4.69, 9.17) is 12.2 Å². The number of hydrogen-bond acceptors (Lipinski definition) is 3. The molecule has 0 saturated carbocycles. The van der Waals surface area contributed by atoms with E-state index in [0.717, 1.165) is 15.6 Å². The van der Waals surface area contributed by atoms with Crippen LogP contribution in [0.1, 0.15) is 0 Å². The van der Waals surface area contributed by atoms with Gasteiger partial charge in [-0.15, -0.1) is 0 Å². The first-order valence-electron chi connectivity index (χ1n) is 8.59. The first-order chi connectivity index (χ1) is 13.2. The quantitative estimate of drug-likeness (QED) is 0.314. The second-order valence-corrected chi connectivity index (χ2v) is 10.3. The molecule has 0 aliphatic heterocycles. The number of benzene rings is 3. The summed E-state index contributed by atoms with van der Waals surface area (Å²) in [6, 6.07) is 30.4. The van der Waals surface area contributed by atoms with Gasteiger partial charge in [-0.3, -0.25) is 14.9 Å². The molecule has 0 fully saturated rings. The van der Waals surface area contributed by atoms with Crippen molar-refractivity contribution in [2.24, 2.45) is 0 Å². The highest BCUT2D eigenvalue weighted by atomic mass is 32.1. The van der Waals surface area contributed by atoms with Gasteiger partial charge in [-0.05, 0) is 27.8 Å². The van der Waals surface area contributed by atoms with E-state index in [1.54, 1.807) is 0 Å². The van der Waals surface area contributed by atoms with Crippen molar-refractivity contribution in [2.75, 3.05) is 0 Å². The van der Waals surface area contributed by atoms with Crippen LogP contribution >= 0.6 is 12.2 Å². The highest BCUT2D eigenvalue weighted by Crippen LogP contribution is 2.06. The van der Waals surface area contributed by atoms with E-state index < -0.39 is 8.07 Å². The Bertz CT molecular complexity index is 1060. The number of aromatic nitrogens is 3. The number of nitrogens with one attached hydrogen (secondary N) is 2. The Morgan fingerprint density at radius 3 is 1.48 bits per heavy atom. The van der Waals surface area contributed by atoms with Gasteiger partial charge < -0.3 is 0 Å². The highest BCUT2D eigenvalue weighted by Gasteiger charge is 2.45. The standard InChI is InChI=1S/C21H17N3OSSi/c25-19-20(23-24-21(26)22-19)27(16-10-4-1-5-11-16,17-12-6-2-7-13-17)18-14-8-3-9-15-18/h1-15H,(H2,22,24,25,26). The van der Waals surface area contributed by atoms with E-state index in [-0.39, 0.29) is 10.3 Å². The average Bonchev–Trinajstić information content (AvgIpc) is 2.72. The van der Waals surface area contributed by atoms with Crippen molar-refractivity contribution in [3.8, 4) is 0 Å². The molecule has 3 aromatic carbocycles. The molecule has 0 amide bonds. The van der Waals surface area contributed by atoms with Crippen molar-refractivity contribution >= 4 is 41.2 Å². The predicted octanol–water partition coefficient (Wildman–Crippen LogP) is 1.20. The van der Waals surface area contributed by atoms with Crippen molar-refractivity contribution in [1.29, 1.82) is 0 Å². The van der Waals surface area contributed by atoms with Gasteiger partial charge in [0.1, 0.15) is 5.32 Å². The molecular formula is C21H17N3OSSi. The van der Waals surface area contributed by atoms with Gasteiger partial charge in [-0.1, -0.05) is 91.0 Å². The summed E-state index contributed by atoms with van der Waals surface area (Å²) in [5, 5.41) is 11.0. The lowest BCUT2D eigenvalue weighted by Gasteiger charge is -2.31. The molecule has 0 unspecified atom stereocenters. The molecule has 0 bridgehead atoms. The normalized spacial score (nSPS) is 11.3. The van der Waals surface area contributed by atoms with Crippen molar-refractivity contribution < 1.29 is 0 Å². The average molecular weight is 388 g/mol. The summed E-state index contributed by atoms with van der Waals surface area (Å²) >= 11 is 5.07. The molecule has 6 heteroatoms. The topological polar surface area (TPSA) is 61.5 Å². The van der Waals surface area contributed by atoms with Crippen LogP contribution in [0.15, 0.2) is 95.8 Å². The third-order valence-corrected chi connectivity index (χ3v) is 9.53. The van der Waals surface area contributed by atoms with Crippen molar-refractivity contribution in [3.05, 3.63) is 106 Å². The molecule has 0 aliphatic carbocycles. The molecule has 2 N–H and O–H groups in total. The van der Waals surface area contributed by atoms with Crippen molar-refractivity contribution in [3.63, 3.8) is 0 Å². The molecule has 4 aromatic rings.